The van der Waals surface area contributed by atoms with Gasteiger partial charge in [-0.1, -0.05) is 0 Å². The molecule has 0 saturated carbocycles. The molecular weight excluding hydrogens is 242 g/mol. The van der Waals surface area contributed by atoms with E-state index >= 15 is 0 Å². The Kier molecular flexibility index (Phi) is 4.35. The zero-order chi connectivity index (χ0) is 13.7. The summed E-state index contributed by atoms with van der Waals surface area (Å²) in [6, 6.07) is 5.81. The van der Waals surface area contributed by atoms with Gasteiger partial charge < -0.3 is 20.8 Å². The van der Waals surface area contributed by atoms with Crippen molar-refractivity contribution in [2.24, 2.45) is 5.73 Å². The van der Waals surface area contributed by atoms with Crippen LogP contribution < -0.4 is 16.4 Å². The monoisotopic (exact) mass is 261 g/mol. The average molecular weight is 261 g/mol. The molecule has 0 aliphatic carbocycles. The van der Waals surface area contributed by atoms with Gasteiger partial charge in [-0.3, -0.25) is 0 Å². The molecule has 2 heterocycles. The Balaban J connectivity index is 2.03. The highest BCUT2D eigenvalue weighted by Gasteiger charge is 2.05. The molecule has 0 aliphatic rings. The number of nitrogens with two attached hydrogens (primary N) is 1. The SMILES string of the molecule is Cc1nc(NCc2ccco2)cc(NC(C)CN)n1. The van der Waals surface area contributed by atoms with Gasteiger partial charge >= 0.3 is 0 Å². The number of nitrogens with one attached hydrogen (secondary N) is 2. The highest BCUT2D eigenvalue weighted by atomic mass is 16.3. The first-order chi connectivity index (χ1) is 9.17. The van der Waals surface area contributed by atoms with Gasteiger partial charge in [0.2, 0.25) is 0 Å². The van der Waals surface area contributed by atoms with Crippen LogP contribution in [-0.2, 0) is 6.54 Å². The van der Waals surface area contributed by atoms with E-state index in [1.807, 2.05) is 32.0 Å². The first kappa shape index (κ1) is 13.4. The van der Waals surface area contributed by atoms with Crippen LogP contribution in [0.25, 0.3) is 0 Å². The van der Waals surface area contributed by atoms with Gasteiger partial charge in [0.1, 0.15) is 23.2 Å². The van der Waals surface area contributed by atoms with Crippen molar-refractivity contribution in [3.8, 4) is 0 Å². The van der Waals surface area contributed by atoms with E-state index in [1.165, 1.54) is 0 Å². The van der Waals surface area contributed by atoms with E-state index in [-0.39, 0.29) is 6.04 Å². The summed E-state index contributed by atoms with van der Waals surface area (Å²) in [5, 5.41) is 6.43. The smallest absolute Gasteiger partial charge is 0.132 e. The molecule has 19 heavy (non-hydrogen) atoms. The van der Waals surface area contributed by atoms with Gasteiger partial charge in [0.15, 0.2) is 0 Å². The second kappa shape index (κ2) is 6.19. The Labute approximate surface area is 112 Å². The molecule has 102 valence electrons. The first-order valence-electron chi connectivity index (χ1n) is 6.26. The standard InChI is InChI=1S/C13H19N5O/c1-9(7-14)16-13-6-12(17-10(2)18-13)15-8-11-4-3-5-19-11/h3-6,9H,7-8,14H2,1-2H3,(H2,15,16,17,18). The minimum atomic E-state index is 0.173. The van der Waals surface area contributed by atoms with Crippen molar-refractivity contribution in [1.82, 2.24) is 9.97 Å². The number of furan rings is 1. The topological polar surface area (TPSA) is 89.0 Å². The fourth-order valence-electron chi connectivity index (χ4n) is 1.63. The fraction of sp³-hybridized carbons (Fsp3) is 0.385. The lowest BCUT2D eigenvalue weighted by molar-refractivity contribution is 0.518. The van der Waals surface area contributed by atoms with Crippen molar-refractivity contribution in [3.63, 3.8) is 0 Å². The van der Waals surface area contributed by atoms with Crippen molar-refractivity contribution in [1.29, 1.82) is 0 Å². The largest absolute Gasteiger partial charge is 0.467 e. The van der Waals surface area contributed by atoms with Gasteiger partial charge in [-0.15, -0.1) is 0 Å². The molecule has 1 unspecified atom stereocenters. The molecule has 1 atom stereocenters. The molecule has 6 heteroatoms. The lowest BCUT2D eigenvalue weighted by Crippen LogP contribution is -2.25. The number of aromatic nitrogens is 2. The van der Waals surface area contributed by atoms with Gasteiger partial charge in [0, 0.05) is 18.7 Å². The Hall–Kier alpha value is -2.08. The van der Waals surface area contributed by atoms with Gasteiger partial charge in [-0.2, -0.15) is 0 Å². The molecule has 4 N–H and O–H groups in total. The van der Waals surface area contributed by atoms with E-state index in [9.17, 15) is 0 Å². The van der Waals surface area contributed by atoms with E-state index in [0.717, 1.165) is 17.4 Å². The van der Waals surface area contributed by atoms with Crippen molar-refractivity contribution in [2.45, 2.75) is 26.4 Å². The van der Waals surface area contributed by atoms with Crippen LogP contribution in [0.2, 0.25) is 0 Å². The number of aryl methyl sites for hydroxylation is 1. The number of anilines is 2. The molecule has 0 amide bonds. The molecule has 0 spiro atoms. The molecule has 0 fully saturated rings. The summed E-state index contributed by atoms with van der Waals surface area (Å²) in [7, 11) is 0. The first-order valence-corrected chi connectivity index (χ1v) is 6.26. The summed E-state index contributed by atoms with van der Waals surface area (Å²) in [5.74, 6) is 3.10. The maximum absolute atomic E-state index is 5.58. The Morgan fingerprint density at radius 2 is 2.16 bits per heavy atom. The normalized spacial score (nSPS) is 12.2. The van der Waals surface area contributed by atoms with Gasteiger partial charge in [-0.05, 0) is 26.0 Å². The molecule has 0 aromatic carbocycles. The van der Waals surface area contributed by atoms with Crippen molar-refractivity contribution in [3.05, 3.63) is 36.0 Å². The average Bonchev–Trinajstić information content (AvgIpc) is 2.88. The quantitative estimate of drug-likeness (QED) is 0.734. The van der Waals surface area contributed by atoms with E-state index in [2.05, 4.69) is 20.6 Å². The molecule has 0 radical (unpaired) electrons. The Bertz CT molecular complexity index is 512. The summed E-state index contributed by atoms with van der Waals surface area (Å²) in [5.41, 5.74) is 5.58. The molecule has 2 aromatic rings. The molecule has 2 rings (SSSR count). The highest BCUT2D eigenvalue weighted by molar-refractivity contribution is 5.48. The van der Waals surface area contributed by atoms with E-state index in [4.69, 9.17) is 10.2 Å². The maximum atomic E-state index is 5.58. The number of nitrogens with zero attached hydrogens (tertiary/aromatic N) is 2. The maximum Gasteiger partial charge on any atom is 0.132 e. The van der Waals surface area contributed by atoms with Crippen LogP contribution in [0.4, 0.5) is 11.6 Å². The fourth-order valence-corrected chi connectivity index (χ4v) is 1.63. The predicted molar refractivity (Wildman–Crippen MR) is 74.9 cm³/mol. The van der Waals surface area contributed by atoms with Gasteiger partial charge in [-0.25, -0.2) is 9.97 Å². The van der Waals surface area contributed by atoms with Crippen molar-refractivity contribution >= 4 is 11.6 Å². The molecular formula is C13H19N5O. The molecule has 0 aliphatic heterocycles. The van der Waals surface area contributed by atoms with Crippen LogP contribution in [0.1, 0.15) is 18.5 Å². The van der Waals surface area contributed by atoms with Crippen LogP contribution in [0, 0.1) is 6.92 Å². The highest BCUT2D eigenvalue weighted by Crippen LogP contribution is 2.13. The minimum Gasteiger partial charge on any atom is -0.467 e. The summed E-state index contributed by atoms with van der Waals surface area (Å²) in [4.78, 5) is 8.66. The summed E-state index contributed by atoms with van der Waals surface area (Å²) < 4.78 is 5.26. The van der Waals surface area contributed by atoms with Crippen LogP contribution in [-0.4, -0.2) is 22.6 Å². The molecule has 2 aromatic heterocycles. The lowest BCUT2D eigenvalue weighted by atomic mass is 10.3. The Morgan fingerprint density at radius 3 is 2.84 bits per heavy atom. The molecule has 6 nitrogen and oxygen atoms in total. The molecule has 0 bridgehead atoms. The molecule has 0 saturated heterocycles. The second-order valence-electron chi connectivity index (χ2n) is 4.40. The van der Waals surface area contributed by atoms with Crippen LogP contribution in [0.3, 0.4) is 0 Å². The number of hydrogen-bond acceptors (Lipinski definition) is 6. The van der Waals surface area contributed by atoms with Crippen LogP contribution >= 0.6 is 0 Å². The predicted octanol–water partition coefficient (Wildman–Crippen LogP) is 1.75. The lowest BCUT2D eigenvalue weighted by Gasteiger charge is -2.13. The zero-order valence-corrected chi connectivity index (χ0v) is 11.2. The third kappa shape index (κ3) is 3.96. The Morgan fingerprint density at radius 1 is 1.37 bits per heavy atom. The van der Waals surface area contributed by atoms with Crippen LogP contribution in [0.5, 0.6) is 0 Å². The van der Waals surface area contributed by atoms with Gasteiger partial charge in [0.05, 0.1) is 12.8 Å². The zero-order valence-electron chi connectivity index (χ0n) is 11.2. The summed E-state index contributed by atoms with van der Waals surface area (Å²) in [6.07, 6.45) is 1.65. The van der Waals surface area contributed by atoms with Crippen molar-refractivity contribution in [2.75, 3.05) is 17.2 Å². The second-order valence-corrected chi connectivity index (χ2v) is 4.40. The van der Waals surface area contributed by atoms with E-state index < -0.39 is 0 Å². The van der Waals surface area contributed by atoms with Crippen LogP contribution in [0.15, 0.2) is 28.9 Å². The van der Waals surface area contributed by atoms with Gasteiger partial charge in [0.25, 0.3) is 0 Å². The van der Waals surface area contributed by atoms with E-state index in [0.29, 0.717) is 18.9 Å². The van der Waals surface area contributed by atoms with E-state index in [1.54, 1.807) is 6.26 Å². The summed E-state index contributed by atoms with van der Waals surface area (Å²) in [6.45, 7) is 5.01. The minimum absolute atomic E-state index is 0.173. The van der Waals surface area contributed by atoms with Crippen molar-refractivity contribution < 1.29 is 4.42 Å². The summed E-state index contributed by atoms with van der Waals surface area (Å²) >= 11 is 0. The third-order valence-electron chi connectivity index (χ3n) is 2.61. The number of hydrogen-bond donors (Lipinski definition) is 3. The number of rotatable bonds is 6. The third-order valence-corrected chi connectivity index (χ3v) is 2.61.